The zero-order chi connectivity index (χ0) is 17.4. The van der Waals surface area contributed by atoms with Crippen LogP contribution in [0.3, 0.4) is 0 Å². The van der Waals surface area contributed by atoms with Crippen LogP contribution in [-0.4, -0.2) is 31.5 Å². The van der Waals surface area contributed by atoms with E-state index in [1.165, 1.54) is 6.26 Å². The molecule has 1 aromatic rings. The molecule has 0 aliphatic heterocycles. The third-order valence-electron chi connectivity index (χ3n) is 4.54. The molecule has 0 aromatic carbocycles. The van der Waals surface area contributed by atoms with Gasteiger partial charge >= 0.3 is 5.97 Å². The van der Waals surface area contributed by atoms with E-state index >= 15 is 0 Å². The first-order chi connectivity index (χ1) is 10.6. The first-order valence-corrected chi connectivity index (χ1v) is 11.6. The number of rotatable bonds is 4. The van der Waals surface area contributed by atoms with E-state index in [4.69, 9.17) is 9.15 Å². The Kier molecular flexibility index (Phi) is 4.87. The summed E-state index contributed by atoms with van der Waals surface area (Å²) in [7, 11) is -1.87. The molecule has 0 saturated heterocycles. The Morgan fingerprint density at radius 3 is 2.70 bits per heavy atom. The van der Waals surface area contributed by atoms with Crippen LogP contribution >= 0.6 is 0 Å². The molecule has 1 aliphatic carbocycles. The molecule has 0 radical (unpaired) electrons. The van der Waals surface area contributed by atoms with Crippen LogP contribution in [0.15, 0.2) is 16.7 Å². The average Bonchev–Trinajstić information content (AvgIpc) is 2.93. The molecule has 1 aromatic heterocycles. The molecule has 0 spiro atoms. The molecular weight excluding hydrogens is 312 g/mol. The van der Waals surface area contributed by atoms with Crippen molar-refractivity contribution < 1.29 is 23.8 Å². The van der Waals surface area contributed by atoms with Crippen molar-refractivity contribution >= 4 is 25.2 Å². The van der Waals surface area contributed by atoms with E-state index in [0.717, 1.165) is 5.38 Å². The van der Waals surface area contributed by atoms with E-state index in [1.807, 2.05) is 0 Å². The van der Waals surface area contributed by atoms with Crippen molar-refractivity contribution in [2.24, 2.45) is 11.8 Å². The standard InChI is InChI=1S/C17H26O5Si/c1-6-21-15(19)13-9-11(2)14(18)10-17(13,20)12-7-8-22-16(12)23(3,4)5/h7-8,11,13,20H,6,9-10H2,1-5H3/t11-,13-,17+/m0/s1. The van der Waals surface area contributed by atoms with Crippen molar-refractivity contribution in [3.05, 3.63) is 17.9 Å². The summed E-state index contributed by atoms with van der Waals surface area (Å²) >= 11 is 0. The molecule has 0 amide bonds. The van der Waals surface area contributed by atoms with Gasteiger partial charge < -0.3 is 14.3 Å². The molecular formula is C17H26O5Si. The van der Waals surface area contributed by atoms with Crippen molar-refractivity contribution in [1.82, 2.24) is 0 Å². The van der Waals surface area contributed by atoms with Crippen LogP contribution in [0.2, 0.25) is 19.6 Å². The van der Waals surface area contributed by atoms with E-state index in [-0.39, 0.29) is 24.7 Å². The number of ketones is 1. The van der Waals surface area contributed by atoms with Gasteiger partial charge in [-0.3, -0.25) is 9.59 Å². The summed E-state index contributed by atoms with van der Waals surface area (Å²) < 4.78 is 10.8. The van der Waals surface area contributed by atoms with Crippen LogP contribution in [0.4, 0.5) is 0 Å². The SMILES string of the molecule is CCOC(=O)[C@@H]1C[C@H](C)C(=O)C[C@@]1(O)c1ccoc1[Si](C)(C)C. The molecule has 0 unspecified atom stereocenters. The molecule has 3 atom stereocenters. The predicted molar refractivity (Wildman–Crippen MR) is 89.1 cm³/mol. The largest absolute Gasteiger partial charge is 0.474 e. The van der Waals surface area contributed by atoms with E-state index < -0.39 is 25.6 Å². The van der Waals surface area contributed by atoms with Crippen LogP contribution in [0.1, 0.15) is 32.3 Å². The lowest BCUT2D eigenvalue weighted by Crippen LogP contribution is -2.52. The van der Waals surface area contributed by atoms with Crippen molar-refractivity contribution in [3.8, 4) is 0 Å². The van der Waals surface area contributed by atoms with Crippen molar-refractivity contribution in [2.75, 3.05) is 6.61 Å². The Morgan fingerprint density at radius 2 is 2.13 bits per heavy atom. The van der Waals surface area contributed by atoms with Gasteiger partial charge in [0, 0.05) is 17.9 Å². The first-order valence-electron chi connectivity index (χ1n) is 8.11. The summed E-state index contributed by atoms with van der Waals surface area (Å²) in [5.41, 5.74) is -0.965. The highest BCUT2D eigenvalue weighted by Gasteiger charge is 2.52. The van der Waals surface area contributed by atoms with E-state index in [2.05, 4.69) is 19.6 Å². The van der Waals surface area contributed by atoms with E-state index in [0.29, 0.717) is 12.0 Å². The number of carbonyl (C=O) groups excluding carboxylic acids is 2. The van der Waals surface area contributed by atoms with E-state index in [1.54, 1.807) is 19.9 Å². The number of ether oxygens (including phenoxy) is 1. The molecule has 5 nitrogen and oxygen atoms in total. The minimum atomic E-state index is -1.87. The van der Waals surface area contributed by atoms with Crippen molar-refractivity contribution in [2.45, 2.75) is 51.9 Å². The Balaban J connectivity index is 2.52. The van der Waals surface area contributed by atoms with Gasteiger partial charge in [0.15, 0.2) is 0 Å². The van der Waals surface area contributed by atoms with Gasteiger partial charge in [-0.2, -0.15) is 0 Å². The van der Waals surface area contributed by atoms with Crippen LogP contribution < -0.4 is 5.38 Å². The Labute approximate surface area is 138 Å². The van der Waals surface area contributed by atoms with Gasteiger partial charge in [-0.05, 0) is 19.4 Å². The summed E-state index contributed by atoms with van der Waals surface area (Å²) in [4.78, 5) is 24.7. The fraction of sp³-hybridized carbons (Fsp3) is 0.647. The molecule has 0 bridgehead atoms. The van der Waals surface area contributed by atoms with Gasteiger partial charge in [0.05, 0.1) is 24.2 Å². The second-order valence-electron chi connectivity index (χ2n) is 7.42. The third-order valence-corrected chi connectivity index (χ3v) is 6.29. The Bertz CT molecular complexity index is 600. The second-order valence-corrected chi connectivity index (χ2v) is 12.4. The topological polar surface area (TPSA) is 76.7 Å². The molecule has 1 N–H and O–H groups in total. The predicted octanol–water partition coefficient (Wildman–Crippen LogP) is 2.19. The molecule has 1 heterocycles. The molecule has 1 aliphatic rings. The normalized spacial score (nSPS) is 28.7. The van der Waals surface area contributed by atoms with Gasteiger partial charge in [-0.25, -0.2) is 0 Å². The molecule has 2 rings (SSSR count). The van der Waals surface area contributed by atoms with E-state index in [9.17, 15) is 14.7 Å². The molecule has 1 saturated carbocycles. The maximum atomic E-state index is 12.4. The highest BCUT2D eigenvalue weighted by atomic mass is 28.3. The summed E-state index contributed by atoms with van der Waals surface area (Å²) in [5, 5.41) is 12.1. The highest BCUT2D eigenvalue weighted by Crippen LogP contribution is 2.43. The zero-order valence-electron chi connectivity index (χ0n) is 14.5. The first kappa shape index (κ1) is 17.9. The number of furan rings is 1. The minimum absolute atomic E-state index is 0.0317. The smallest absolute Gasteiger partial charge is 0.312 e. The fourth-order valence-electron chi connectivity index (χ4n) is 3.29. The van der Waals surface area contributed by atoms with Crippen LogP contribution in [-0.2, 0) is 19.9 Å². The zero-order valence-corrected chi connectivity index (χ0v) is 15.5. The summed E-state index contributed by atoms with van der Waals surface area (Å²) in [5.74, 6) is -1.48. The fourth-order valence-corrected chi connectivity index (χ4v) is 4.82. The monoisotopic (exact) mass is 338 g/mol. The number of hydrogen-bond donors (Lipinski definition) is 1. The highest BCUT2D eigenvalue weighted by molar-refractivity contribution is 6.88. The number of Topliss-reactive ketones (excluding diaryl/α,β-unsaturated/α-hetero) is 1. The molecule has 1 fully saturated rings. The van der Waals surface area contributed by atoms with Crippen molar-refractivity contribution in [1.29, 1.82) is 0 Å². The summed E-state index contributed by atoms with van der Waals surface area (Å²) in [6.07, 6.45) is 1.75. The van der Waals surface area contributed by atoms with Gasteiger partial charge in [-0.1, -0.05) is 26.6 Å². The van der Waals surface area contributed by atoms with Gasteiger partial charge in [0.25, 0.3) is 0 Å². The van der Waals surface area contributed by atoms with Gasteiger partial charge in [0.1, 0.15) is 19.5 Å². The average molecular weight is 338 g/mol. The summed E-state index contributed by atoms with van der Waals surface area (Å²) in [6, 6.07) is 1.70. The molecule has 23 heavy (non-hydrogen) atoms. The lowest BCUT2D eigenvalue weighted by molar-refractivity contribution is -0.167. The van der Waals surface area contributed by atoms with Crippen molar-refractivity contribution in [3.63, 3.8) is 0 Å². The lowest BCUT2D eigenvalue weighted by Gasteiger charge is -2.40. The quantitative estimate of drug-likeness (QED) is 0.673. The van der Waals surface area contributed by atoms with Crippen LogP contribution in [0.5, 0.6) is 0 Å². The van der Waals surface area contributed by atoms with Crippen LogP contribution in [0.25, 0.3) is 0 Å². The molecule has 128 valence electrons. The number of aliphatic hydroxyl groups is 1. The van der Waals surface area contributed by atoms with Gasteiger partial charge in [0.2, 0.25) is 0 Å². The molecule has 6 heteroatoms. The summed E-state index contributed by atoms with van der Waals surface area (Å²) in [6.45, 7) is 10.1. The Morgan fingerprint density at radius 1 is 1.48 bits per heavy atom. The number of esters is 1. The Hall–Kier alpha value is -1.40. The maximum Gasteiger partial charge on any atom is 0.312 e. The number of hydrogen-bond acceptors (Lipinski definition) is 5. The van der Waals surface area contributed by atoms with Crippen LogP contribution in [0, 0.1) is 11.8 Å². The number of carbonyl (C=O) groups is 2. The minimum Gasteiger partial charge on any atom is -0.474 e. The maximum absolute atomic E-state index is 12.4. The third kappa shape index (κ3) is 3.28. The lowest BCUT2D eigenvalue weighted by atomic mass is 9.68. The van der Waals surface area contributed by atoms with Gasteiger partial charge in [-0.15, -0.1) is 0 Å². The second kappa shape index (κ2) is 6.24.